The molecule has 0 amide bonds. The monoisotopic (exact) mass is 419 g/mol. The molecule has 29 heavy (non-hydrogen) atoms. The lowest BCUT2D eigenvalue weighted by molar-refractivity contribution is 0.270. The first-order chi connectivity index (χ1) is 13.6. The van der Waals surface area contributed by atoms with Crippen molar-refractivity contribution in [2.24, 2.45) is 5.92 Å². The molecule has 0 unspecified atom stereocenters. The van der Waals surface area contributed by atoms with Gasteiger partial charge in [0.2, 0.25) is 10.0 Å². The van der Waals surface area contributed by atoms with E-state index in [9.17, 15) is 8.42 Å². The van der Waals surface area contributed by atoms with E-state index in [1.165, 1.54) is 5.56 Å². The number of hydrogen-bond donors (Lipinski definition) is 0. The molecule has 0 atom stereocenters. The Balaban J connectivity index is 1.75. The van der Waals surface area contributed by atoms with Crippen LogP contribution in [0.25, 0.3) is 0 Å². The summed E-state index contributed by atoms with van der Waals surface area (Å²) in [5, 5.41) is 4.53. The van der Waals surface area contributed by atoms with Crippen LogP contribution in [-0.4, -0.2) is 42.7 Å². The van der Waals surface area contributed by atoms with Crippen LogP contribution in [0.15, 0.2) is 29.2 Å². The molecule has 1 aromatic carbocycles. The van der Waals surface area contributed by atoms with Crippen LogP contribution in [0.2, 0.25) is 0 Å². The molecule has 0 bridgehead atoms. The lowest BCUT2D eigenvalue weighted by Gasteiger charge is -2.31. The summed E-state index contributed by atoms with van der Waals surface area (Å²) in [4.78, 5) is 0.371. The first kappa shape index (κ1) is 21.8. The van der Waals surface area contributed by atoms with Crippen LogP contribution in [0.3, 0.4) is 0 Å². The zero-order valence-electron chi connectivity index (χ0n) is 18.4. The number of aromatic nitrogens is 2. The smallest absolute Gasteiger partial charge is 0.246 e. The molecule has 0 N–H and O–H groups in total. The van der Waals surface area contributed by atoms with Gasteiger partial charge < -0.3 is 4.74 Å². The molecule has 1 aromatic heterocycles. The number of piperidine rings is 1. The Morgan fingerprint density at radius 2 is 1.76 bits per heavy atom. The van der Waals surface area contributed by atoms with Gasteiger partial charge in [-0.3, -0.25) is 4.68 Å². The number of ether oxygens (including phenoxy) is 1. The molecule has 0 aliphatic carbocycles. The maximum atomic E-state index is 13.4. The Kier molecular flexibility index (Phi) is 6.11. The van der Waals surface area contributed by atoms with Crippen LogP contribution in [0.5, 0.6) is 5.75 Å². The summed E-state index contributed by atoms with van der Waals surface area (Å²) in [5.41, 5.74) is 2.22. The number of nitrogens with zero attached hydrogens (tertiary/aromatic N) is 3. The number of hydrogen-bond acceptors (Lipinski definition) is 4. The average molecular weight is 420 g/mol. The van der Waals surface area contributed by atoms with Crippen molar-refractivity contribution in [3.05, 3.63) is 41.2 Å². The van der Waals surface area contributed by atoms with Gasteiger partial charge in [-0.05, 0) is 71.4 Å². The summed E-state index contributed by atoms with van der Waals surface area (Å²) in [7, 11) is -1.86. The minimum atomic E-state index is -3.55. The van der Waals surface area contributed by atoms with Crippen molar-refractivity contribution in [2.45, 2.75) is 64.3 Å². The van der Waals surface area contributed by atoms with Gasteiger partial charge in [-0.25, -0.2) is 8.42 Å². The molecular formula is C22H33N3O3S. The van der Waals surface area contributed by atoms with Crippen molar-refractivity contribution in [3.63, 3.8) is 0 Å². The molecule has 1 saturated heterocycles. The SMILES string of the molecule is COc1ccccc1CC1CCN(S(=O)(=O)c2c(C)nn(C(C)(C)C)c2C)CC1. The van der Waals surface area contributed by atoms with E-state index in [1.807, 2.05) is 50.6 Å². The number of aryl methyl sites for hydroxylation is 1. The lowest BCUT2D eigenvalue weighted by Crippen LogP contribution is -2.39. The number of methoxy groups -OCH3 is 1. The van der Waals surface area contributed by atoms with Crippen molar-refractivity contribution >= 4 is 10.0 Å². The highest BCUT2D eigenvalue weighted by Crippen LogP contribution is 2.32. The third kappa shape index (κ3) is 4.36. The fourth-order valence-corrected chi connectivity index (χ4v) is 6.14. The summed E-state index contributed by atoms with van der Waals surface area (Å²) < 4.78 is 35.7. The van der Waals surface area contributed by atoms with Crippen LogP contribution in [0.4, 0.5) is 0 Å². The first-order valence-electron chi connectivity index (χ1n) is 10.2. The summed E-state index contributed by atoms with van der Waals surface area (Å²) in [6.07, 6.45) is 2.61. The van der Waals surface area contributed by atoms with Gasteiger partial charge in [-0.15, -0.1) is 0 Å². The molecule has 1 aliphatic rings. The van der Waals surface area contributed by atoms with Crippen molar-refractivity contribution in [1.82, 2.24) is 14.1 Å². The summed E-state index contributed by atoms with van der Waals surface area (Å²) in [6, 6.07) is 8.07. The molecule has 0 spiro atoms. The van der Waals surface area contributed by atoms with Gasteiger partial charge in [-0.2, -0.15) is 9.40 Å². The first-order valence-corrected chi connectivity index (χ1v) is 11.7. The highest BCUT2D eigenvalue weighted by molar-refractivity contribution is 7.89. The fraction of sp³-hybridized carbons (Fsp3) is 0.591. The molecule has 2 heterocycles. The van der Waals surface area contributed by atoms with E-state index in [4.69, 9.17) is 4.74 Å². The van der Waals surface area contributed by atoms with E-state index in [0.717, 1.165) is 25.0 Å². The van der Waals surface area contributed by atoms with Crippen LogP contribution in [0.1, 0.15) is 50.6 Å². The van der Waals surface area contributed by atoms with Gasteiger partial charge >= 0.3 is 0 Å². The molecule has 1 fully saturated rings. The predicted molar refractivity (Wildman–Crippen MR) is 115 cm³/mol. The summed E-state index contributed by atoms with van der Waals surface area (Å²) in [5.74, 6) is 1.36. The Bertz CT molecular complexity index is 966. The molecule has 160 valence electrons. The number of benzene rings is 1. The fourth-order valence-electron chi connectivity index (χ4n) is 4.32. The molecule has 0 saturated carbocycles. The lowest BCUT2D eigenvalue weighted by atomic mass is 9.90. The van der Waals surface area contributed by atoms with Crippen LogP contribution in [0, 0.1) is 19.8 Å². The standard InChI is InChI=1S/C22H33N3O3S/c1-16-21(17(2)25(23-16)22(3,4)5)29(26,27)24-13-11-18(12-14-24)15-19-9-7-8-10-20(19)28-6/h7-10,18H,11-15H2,1-6H3. The minimum Gasteiger partial charge on any atom is -0.496 e. The Morgan fingerprint density at radius 1 is 1.14 bits per heavy atom. The maximum Gasteiger partial charge on any atom is 0.246 e. The third-order valence-electron chi connectivity index (χ3n) is 5.73. The van der Waals surface area contributed by atoms with Crippen molar-refractivity contribution in [3.8, 4) is 5.75 Å². The van der Waals surface area contributed by atoms with Gasteiger partial charge in [0.25, 0.3) is 0 Å². The predicted octanol–water partition coefficient (Wildman–Crippen LogP) is 3.91. The van der Waals surface area contributed by atoms with Crippen LogP contribution in [-0.2, 0) is 22.0 Å². The van der Waals surface area contributed by atoms with Gasteiger partial charge in [0.15, 0.2) is 0 Å². The molecular weight excluding hydrogens is 386 g/mol. The molecule has 1 aliphatic heterocycles. The number of para-hydroxylation sites is 1. The van der Waals surface area contributed by atoms with E-state index in [-0.39, 0.29) is 5.54 Å². The molecule has 3 rings (SSSR count). The highest BCUT2D eigenvalue weighted by Gasteiger charge is 2.35. The molecule has 7 heteroatoms. The van der Waals surface area contributed by atoms with E-state index in [2.05, 4.69) is 11.2 Å². The zero-order chi connectivity index (χ0) is 21.4. The van der Waals surface area contributed by atoms with Gasteiger partial charge in [0.05, 0.1) is 24.0 Å². The van der Waals surface area contributed by atoms with Crippen LogP contribution < -0.4 is 4.74 Å². The highest BCUT2D eigenvalue weighted by atomic mass is 32.2. The van der Waals surface area contributed by atoms with Gasteiger partial charge in [0.1, 0.15) is 10.6 Å². The molecule has 0 radical (unpaired) electrons. The second-order valence-electron chi connectivity index (χ2n) is 8.95. The van der Waals surface area contributed by atoms with E-state index >= 15 is 0 Å². The number of rotatable bonds is 5. The average Bonchev–Trinajstić information content (AvgIpc) is 2.98. The maximum absolute atomic E-state index is 13.4. The summed E-state index contributed by atoms with van der Waals surface area (Å²) >= 11 is 0. The molecule has 6 nitrogen and oxygen atoms in total. The summed E-state index contributed by atoms with van der Waals surface area (Å²) in [6.45, 7) is 10.8. The Hall–Kier alpha value is -1.86. The van der Waals surface area contributed by atoms with Gasteiger partial charge in [-0.1, -0.05) is 18.2 Å². The normalized spacial score (nSPS) is 16.9. The van der Waals surface area contributed by atoms with Crippen molar-refractivity contribution < 1.29 is 13.2 Å². The number of sulfonamides is 1. The van der Waals surface area contributed by atoms with E-state index in [0.29, 0.717) is 35.3 Å². The quantitative estimate of drug-likeness (QED) is 0.737. The molecule has 2 aromatic rings. The topological polar surface area (TPSA) is 64.4 Å². The largest absolute Gasteiger partial charge is 0.496 e. The minimum absolute atomic E-state index is 0.260. The zero-order valence-corrected chi connectivity index (χ0v) is 19.2. The van der Waals surface area contributed by atoms with Crippen molar-refractivity contribution in [2.75, 3.05) is 20.2 Å². The van der Waals surface area contributed by atoms with Crippen LogP contribution >= 0.6 is 0 Å². The Labute approximate surface area is 174 Å². The third-order valence-corrected chi connectivity index (χ3v) is 7.88. The van der Waals surface area contributed by atoms with Crippen molar-refractivity contribution in [1.29, 1.82) is 0 Å². The van der Waals surface area contributed by atoms with E-state index < -0.39 is 10.0 Å². The van der Waals surface area contributed by atoms with Gasteiger partial charge in [0, 0.05) is 13.1 Å². The Morgan fingerprint density at radius 3 is 2.31 bits per heavy atom. The van der Waals surface area contributed by atoms with E-state index in [1.54, 1.807) is 18.3 Å². The second kappa shape index (κ2) is 8.11. The second-order valence-corrected chi connectivity index (χ2v) is 10.8.